The number of epoxide rings is 1. The zero-order valence-corrected chi connectivity index (χ0v) is 23.7. The fourth-order valence-electron chi connectivity index (χ4n) is 10.9. The van der Waals surface area contributed by atoms with E-state index >= 15 is 0 Å². The lowest BCUT2D eigenvalue weighted by Gasteiger charge is -2.65. The molecule has 4 saturated carbocycles. The van der Waals surface area contributed by atoms with Crippen LogP contribution in [0.2, 0.25) is 0 Å². The summed E-state index contributed by atoms with van der Waals surface area (Å²) in [7, 11) is 1.37. The Morgan fingerprint density at radius 3 is 2.60 bits per heavy atom. The minimum Gasteiger partial charge on any atom is -0.472 e. The zero-order chi connectivity index (χ0) is 28.6. The lowest BCUT2D eigenvalue weighted by Crippen LogP contribution is -2.72. The van der Waals surface area contributed by atoms with Crippen LogP contribution in [0.5, 0.6) is 0 Å². The predicted octanol–water partition coefficient (Wildman–Crippen LogP) is 3.90. The summed E-state index contributed by atoms with van der Waals surface area (Å²) in [6.45, 7) is 11.7. The number of hydrogen-bond acceptors (Lipinski definition) is 9. The number of carbonyl (C=O) groups excluding carboxylic acids is 3. The summed E-state index contributed by atoms with van der Waals surface area (Å²) in [6, 6.07) is 1.84. The lowest BCUT2D eigenvalue weighted by molar-refractivity contribution is -0.249. The van der Waals surface area contributed by atoms with Crippen molar-refractivity contribution < 1.29 is 42.9 Å². The molecule has 6 fully saturated rings. The molecule has 40 heavy (non-hydrogen) atoms. The second-order valence-electron chi connectivity index (χ2n) is 14.0. The number of furan rings is 1. The first-order chi connectivity index (χ1) is 18.8. The molecule has 0 amide bonds. The van der Waals surface area contributed by atoms with E-state index in [2.05, 4.69) is 20.4 Å². The molecular formula is C31H38O9. The topological polar surface area (TPSA) is 125 Å². The van der Waals surface area contributed by atoms with E-state index in [1.165, 1.54) is 7.11 Å². The van der Waals surface area contributed by atoms with E-state index in [0.717, 1.165) is 18.4 Å². The molecule has 4 aliphatic carbocycles. The fraction of sp³-hybridized carbons (Fsp3) is 0.710. The smallest absolute Gasteiger partial charge is 0.333 e. The van der Waals surface area contributed by atoms with Gasteiger partial charge in [0.05, 0.1) is 43.7 Å². The minimum absolute atomic E-state index is 0.0958. The van der Waals surface area contributed by atoms with Crippen molar-refractivity contribution in [3.63, 3.8) is 0 Å². The van der Waals surface area contributed by atoms with E-state index in [0.29, 0.717) is 6.42 Å². The van der Waals surface area contributed by atoms with E-state index in [9.17, 15) is 19.5 Å². The molecule has 1 aromatic rings. The van der Waals surface area contributed by atoms with Crippen molar-refractivity contribution >= 4 is 17.9 Å². The van der Waals surface area contributed by atoms with Crippen LogP contribution in [-0.4, -0.2) is 53.5 Å². The molecule has 1 N–H and O–H groups in total. The molecule has 216 valence electrons. The van der Waals surface area contributed by atoms with Crippen molar-refractivity contribution in [1.29, 1.82) is 0 Å². The Kier molecular flexibility index (Phi) is 5.12. The van der Waals surface area contributed by atoms with E-state index in [1.807, 2.05) is 13.0 Å². The van der Waals surface area contributed by atoms with Gasteiger partial charge in [0, 0.05) is 39.7 Å². The van der Waals surface area contributed by atoms with Gasteiger partial charge < -0.3 is 28.5 Å². The molecule has 2 bridgehead atoms. The molecule has 6 aliphatic rings. The molecule has 12 atom stereocenters. The van der Waals surface area contributed by atoms with Crippen molar-refractivity contribution in [3.05, 3.63) is 36.3 Å². The van der Waals surface area contributed by atoms with Crippen LogP contribution >= 0.6 is 0 Å². The standard InChI is InChI=1S/C31H38O9/c1-15(2)26(34)39-24-22-25-31(40-25)17(29(5)18(11-20(32)36-6)28(24,4)14-30(22,29)35)7-9-27(3)19(31)12-21(33)38-23(27)16-8-10-37-13-16/h8,10,13,17-19,22-25,35H,1,7,9,11-12,14H2,2-6H3/t17-,18+,19-,22?,23+,24-,25-,27-,28-,29-,30?,31-/m1/s1. The van der Waals surface area contributed by atoms with Gasteiger partial charge in [-0.25, -0.2) is 4.79 Å². The third-order valence-corrected chi connectivity index (χ3v) is 12.5. The van der Waals surface area contributed by atoms with Crippen LogP contribution in [-0.2, 0) is 33.3 Å². The first-order valence-corrected chi connectivity index (χ1v) is 14.3. The molecule has 3 heterocycles. The fourth-order valence-corrected chi connectivity index (χ4v) is 10.9. The largest absolute Gasteiger partial charge is 0.472 e. The molecule has 2 aliphatic heterocycles. The van der Waals surface area contributed by atoms with Crippen LogP contribution in [0.15, 0.2) is 35.2 Å². The Labute approximate surface area is 233 Å². The normalized spacial score (nSPS) is 51.1. The monoisotopic (exact) mass is 554 g/mol. The molecule has 0 aromatic carbocycles. The Hall–Kier alpha value is -2.65. The number of cyclic esters (lactones) is 1. The number of fused-ring (bicyclic) bond motifs is 4. The maximum Gasteiger partial charge on any atom is 0.333 e. The zero-order valence-electron chi connectivity index (χ0n) is 23.7. The molecule has 9 nitrogen and oxygen atoms in total. The van der Waals surface area contributed by atoms with Gasteiger partial charge in [-0.2, -0.15) is 0 Å². The number of aliphatic hydroxyl groups is 1. The number of hydrogen-bond donors (Lipinski definition) is 1. The summed E-state index contributed by atoms with van der Waals surface area (Å²) in [6.07, 6.45) is 3.87. The van der Waals surface area contributed by atoms with E-state index in [1.54, 1.807) is 19.5 Å². The van der Waals surface area contributed by atoms with E-state index in [4.69, 9.17) is 23.4 Å². The number of carbonyl (C=O) groups is 3. The quantitative estimate of drug-likeness (QED) is 0.250. The van der Waals surface area contributed by atoms with Crippen molar-refractivity contribution in [2.24, 2.45) is 39.9 Å². The molecule has 9 heteroatoms. The van der Waals surface area contributed by atoms with Crippen molar-refractivity contribution in [3.8, 4) is 0 Å². The van der Waals surface area contributed by atoms with Gasteiger partial charge in [0.25, 0.3) is 0 Å². The molecule has 2 saturated heterocycles. The summed E-state index contributed by atoms with van der Waals surface area (Å²) < 4.78 is 29.5. The highest BCUT2D eigenvalue weighted by Crippen LogP contribution is 2.85. The van der Waals surface area contributed by atoms with Gasteiger partial charge in [-0.15, -0.1) is 0 Å². The van der Waals surface area contributed by atoms with Gasteiger partial charge in [-0.1, -0.05) is 27.4 Å². The Bertz CT molecular complexity index is 1320. The average Bonchev–Trinajstić information content (AvgIpc) is 3.18. The Morgan fingerprint density at radius 1 is 1.20 bits per heavy atom. The van der Waals surface area contributed by atoms with Crippen molar-refractivity contribution in [2.45, 2.75) is 89.3 Å². The minimum atomic E-state index is -1.22. The Morgan fingerprint density at radius 2 is 1.95 bits per heavy atom. The molecule has 0 radical (unpaired) electrons. The van der Waals surface area contributed by atoms with Crippen LogP contribution in [0, 0.1) is 39.9 Å². The molecule has 1 aromatic heterocycles. The average molecular weight is 555 g/mol. The lowest BCUT2D eigenvalue weighted by atomic mass is 9.39. The number of ether oxygens (including phenoxy) is 4. The SMILES string of the molecule is C=C(C)C(=O)O[C@@H]1C2[C@H]3O[C@]34[C@@H]3CC(=O)O[C@@H](c5ccoc5)[C@]3(C)CC[C@@H]4[C@]3(C)[C@@H](CC(=O)OC)[C@@]1(C)CC23O. The second-order valence-corrected chi connectivity index (χ2v) is 14.0. The second kappa shape index (κ2) is 7.79. The van der Waals surface area contributed by atoms with Gasteiger partial charge in [0.15, 0.2) is 0 Å². The summed E-state index contributed by atoms with van der Waals surface area (Å²) in [5.41, 5.74) is -2.67. The third kappa shape index (κ3) is 2.79. The van der Waals surface area contributed by atoms with Crippen LogP contribution in [0.3, 0.4) is 0 Å². The van der Waals surface area contributed by atoms with Gasteiger partial charge in [-0.3, -0.25) is 9.59 Å². The van der Waals surface area contributed by atoms with Gasteiger partial charge >= 0.3 is 17.9 Å². The highest BCUT2D eigenvalue weighted by molar-refractivity contribution is 5.87. The molecular weight excluding hydrogens is 516 g/mol. The summed E-state index contributed by atoms with van der Waals surface area (Å²) in [4.78, 5) is 38.9. The highest BCUT2D eigenvalue weighted by Gasteiger charge is 2.93. The van der Waals surface area contributed by atoms with Crippen LogP contribution in [0.1, 0.15) is 71.5 Å². The maximum atomic E-state index is 13.1. The number of rotatable bonds is 5. The summed E-state index contributed by atoms with van der Waals surface area (Å²) >= 11 is 0. The van der Waals surface area contributed by atoms with Crippen molar-refractivity contribution in [2.75, 3.05) is 7.11 Å². The first-order valence-electron chi connectivity index (χ1n) is 14.3. The molecule has 1 spiro atoms. The summed E-state index contributed by atoms with van der Waals surface area (Å²) in [5.74, 6) is -2.28. The predicted molar refractivity (Wildman–Crippen MR) is 138 cm³/mol. The maximum absolute atomic E-state index is 13.1. The van der Waals surface area contributed by atoms with Crippen LogP contribution in [0.4, 0.5) is 0 Å². The van der Waals surface area contributed by atoms with Crippen molar-refractivity contribution in [1.82, 2.24) is 0 Å². The third-order valence-electron chi connectivity index (χ3n) is 12.5. The van der Waals surface area contributed by atoms with Gasteiger partial charge in [0.2, 0.25) is 0 Å². The molecule has 7 rings (SSSR count). The number of methoxy groups -OCH3 is 1. The highest BCUT2D eigenvalue weighted by atomic mass is 16.6. The number of esters is 3. The van der Waals surface area contributed by atoms with Crippen LogP contribution < -0.4 is 0 Å². The van der Waals surface area contributed by atoms with Gasteiger partial charge in [-0.05, 0) is 44.1 Å². The van der Waals surface area contributed by atoms with E-state index in [-0.39, 0.29) is 54.2 Å². The molecule has 2 unspecified atom stereocenters. The summed E-state index contributed by atoms with van der Waals surface area (Å²) in [5, 5.41) is 12.7. The van der Waals surface area contributed by atoms with Crippen LogP contribution in [0.25, 0.3) is 0 Å². The van der Waals surface area contributed by atoms with Gasteiger partial charge in [0.1, 0.15) is 17.8 Å². The van der Waals surface area contributed by atoms with E-state index < -0.39 is 51.5 Å². The first kappa shape index (κ1) is 26.3. The Balaban J connectivity index is 1.38.